The van der Waals surface area contributed by atoms with E-state index < -0.39 is 0 Å². The van der Waals surface area contributed by atoms with Crippen LogP contribution in [0.25, 0.3) is 0 Å². The third kappa shape index (κ3) is 2.28. The zero-order valence-corrected chi connectivity index (χ0v) is 8.09. The van der Waals surface area contributed by atoms with Gasteiger partial charge in [0.15, 0.2) is 0 Å². The molecule has 0 fully saturated rings. The van der Waals surface area contributed by atoms with Gasteiger partial charge in [-0.15, -0.1) is 0 Å². The summed E-state index contributed by atoms with van der Waals surface area (Å²) in [5.74, 6) is 0.793. The molecular formula is C10H15N3. The van der Waals surface area contributed by atoms with Gasteiger partial charge in [0.05, 0.1) is 0 Å². The van der Waals surface area contributed by atoms with Crippen LogP contribution in [0.15, 0.2) is 18.3 Å². The molecule has 2 N–H and O–H groups in total. The standard InChI is InChI=1S/C10H15N3/c1-3-5-9(11)8-6-4-7-13-10(8)12-2/h4,6-7,11H,3,5H2,1-2H3,(H,12,13). The minimum atomic E-state index is 0.653. The van der Waals surface area contributed by atoms with Gasteiger partial charge in [-0.1, -0.05) is 13.3 Å². The van der Waals surface area contributed by atoms with Crippen molar-refractivity contribution in [2.24, 2.45) is 0 Å². The van der Waals surface area contributed by atoms with E-state index in [0.717, 1.165) is 24.2 Å². The zero-order valence-electron chi connectivity index (χ0n) is 8.09. The molecule has 0 radical (unpaired) electrons. The van der Waals surface area contributed by atoms with E-state index in [1.165, 1.54) is 0 Å². The van der Waals surface area contributed by atoms with Crippen molar-refractivity contribution in [3.63, 3.8) is 0 Å². The maximum Gasteiger partial charge on any atom is 0.134 e. The topological polar surface area (TPSA) is 48.8 Å². The summed E-state index contributed by atoms with van der Waals surface area (Å²) in [6.45, 7) is 2.07. The van der Waals surface area contributed by atoms with Crippen LogP contribution >= 0.6 is 0 Å². The molecule has 0 aliphatic rings. The van der Waals surface area contributed by atoms with Gasteiger partial charge in [-0.3, -0.25) is 0 Å². The normalized spacial score (nSPS) is 9.69. The van der Waals surface area contributed by atoms with Crippen LogP contribution in [0, 0.1) is 5.41 Å². The molecule has 0 aliphatic heterocycles. The highest BCUT2D eigenvalue weighted by molar-refractivity contribution is 6.02. The monoisotopic (exact) mass is 177 g/mol. The SMILES string of the molecule is CCCC(=N)c1cccnc1NC. The Labute approximate surface area is 78.7 Å². The Morgan fingerprint density at radius 2 is 2.38 bits per heavy atom. The van der Waals surface area contributed by atoms with Gasteiger partial charge in [-0.2, -0.15) is 0 Å². The molecule has 0 unspecified atom stereocenters. The van der Waals surface area contributed by atoms with E-state index in [4.69, 9.17) is 5.41 Å². The van der Waals surface area contributed by atoms with Crippen molar-refractivity contribution in [1.29, 1.82) is 5.41 Å². The number of aromatic nitrogens is 1. The summed E-state index contributed by atoms with van der Waals surface area (Å²) in [5.41, 5.74) is 1.56. The van der Waals surface area contributed by atoms with Crippen molar-refractivity contribution < 1.29 is 0 Å². The predicted octanol–water partition coefficient (Wildman–Crippen LogP) is 2.29. The molecule has 13 heavy (non-hydrogen) atoms. The number of pyridine rings is 1. The van der Waals surface area contributed by atoms with Crippen LogP contribution in [0.2, 0.25) is 0 Å². The average molecular weight is 177 g/mol. The van der Waals surface area contributed by atoms with Crippen molar-refractivity contribution in [3.05, 3.63) is 23.9 Å². The van der Waals surface area contributed by atoms with Gasteiger partial charge in [-0.05, 0) is 18.6 Å². The van der Waals surface area contributed by atoms with Crippen LogP contribution in [0.1, 0.15) is 25.3 Å². The fourth-order valence-electron chi connectivity index (χ4n) is 1.23. The van der Waals surface area contributed by atoms with Crippen molar-refractivity contribution >= 4 is 11.5 Å². The van der Waals surface area contributed by atoms with Crippen LogP contribution in [-0.2, 0) is 0 Å². The number of hydrogen-bond donors (Lipinski definition) is 2. The molecule has 1 aromatic rings. The van der Waals surface area contributed by atoms with Gasteiger partial charge in [0.1, 0.15) is 5.82 Å². The van der Waals surface area contributed by atoms with E-state index in [-0.39, 0.29) is 0 Å². The first-order chi connectivity index (χ1) is 6.29. The van der Waals surface area contributed by atoms with E-state index in [9.17, 15) is 0 Å². The molecule has 3 nitrogen and oxygen atoms in total. The van der Waals surface area contributed by atoms with Crippen LogP contribution in [0.3, 0.4) is 0 Å². The lowest BCUT2D eigenvalue weighted by molar-refractivity contribution is 0.985. The highest BCUT2D eigenvalue weighted by Crippen LogP contribution is 2.13. The second-order valence-corrected chi connectivity index (χ2v) is 2.88. The Balaban J connectivity index is 2.92. The number of nitrogens with zero attached hydrogens (tertiary/aromatic N) is 1. The first-order valence-electron chi connectivity index (χ1n) is 4.50. The molecule has 0 spiro atoms. The molecule has 1 heterocycles. The minimum Gasteiger partial charge on any atom is -0.373 e. The molecule has 0 aromatic carbocycles. The Hall–Kier alpha value is -1.38. The van der Waals surface area contributed by atoms with Gasteiger partial charge in [0, 0.05) is 24.5 Å². The molecule has 70 valence electrons. The van der Waals surface area contributed by atoms with E-state index in [1.54, 1.807) is 6.20 Å². The maximum absolute atomic E-state index is 7.79. The molecular weight excluding hydrogens is 162 g/mol. The van der Waals surface area contributed by atoms with Crippen molar-refractivity contribution in [2.45, 2.75) is 19.8 Å². The highest BCUT2D eigenvalue weighted by Gasteiger charge is 2.05. The van der Waals surface area contributed by atoms with Crippen LogP contribution < -0.4 is 5.32 Å². The van der Waals surface area contributed by atoms with Crippen molar-refractivity contribution in [3.8, 4) is 0 Å². The predicted molar refractivity (Wildman–Crippen MR) is 55.5 cm³/mol. The van der Waals surface area contributed by atoms with E-state index in [2.05, 4.69) is 17.2 Å². The summed E-state index contributed by atoms with van der Waals surface area (Å²) in [6.07, 6.45) is 3.53. The van der Waals surface area contributed by atoms with Gasteiger partial charge in [0.25, 0.3) is 0 Å². The molecule has 0 amide bonds. The summed E-state index contributed by atoms with van der Waals surface area (Å²) in [7, 11) is 1.82. The summed E-state index contributed by atoms with van der Waals surface area (Å²) in [6, 6.07) is 3.79. The van der Waals surface area contributed by atoms with Gasteiger partial charge < -0.3 is 10.7 Å². The first-order valence-corrected chi connectivity index (χ1v) is 4.50. The third-order valence-corrected chi connectivity index (χ3v) is 1.87. The smallest absolute Gasteiger partial charge is 0.134 e. The van der Waals surface area contributed by atoms with Gasteiger partial charge >= 0.3 is 0 Å². The molecule has 0 bridgehead atoms. The molecule has 0 saturated carbocycles. The molecule has 0 aliphatic carbocycles. The Bertz CT molecular complexity index is 294. The maximum atomic E-state index is 7.79. The summed E-state index contributed by atoms with van der Waals surface area (Å²) >= 11 is 0. The second kappa shape index (κ2) is 4.60. The van der Waals surface area contributed by atoms with Crippen LogP contribution in [0.5, 0.6) is 0 Å². The van der Waals surface area contributed by atoms with E-state index >= 15 is 0 Å². The lowest BCUT2D eigenvalue weighted by atomic mass is 10.1. The Morgan fingerprint density at radius 1 is 1.62 bits per heavy atom. The lowest BCUT2D eigenvalue weighted by Crippen LogP contribution is -2.04. The molecule has 3 heteroatoms. The zero-order chi connectivity index (χ0) is 9.68. The van der Waals surface area contributed by atoms with E-state index in [1.807, 2.05) is 19.2 Å². The second-order valence-electron chi connectivity index (χ2n) is 2.88. The van der Waals surface area contributed by atoms with Crippen LogP contribution in [-0.4, -0.2) is 17.7 Å². The third-order valence-electron chi connectivity index (χ3n) is 1.87. The Morgan fingerprint density at radius 3 is 3.00 bits per heavy atom. The Kier molecular flexibility index (Phi) is 3.43. The number of hydrogen-bond acceptors (Lipinski definition) is 3. The summed E-state index contributed by atoms with van der Waals surface area (Å²) in [5, 5.41) is 10.8. The quantitative estimate of drug-likeness (QED) is 0.693. The molecule has 0 saturated heterocycles. The fraction of sp³-hybridized carbons (Fsp3) is 0.400. The van der Waals surface area contributed by atoms with Crippen molar-refractivity contribution in [2.75, 3.05) is 12.4 Å². The summed E-state index contributed by atoms with van der Waals surface area (Å²) in [4.78, 5) is 4.15. The van der Waals surface area contributed by atoms with Crippen molar-refractivity contribution in [1.82, 2.24) is 4.98 Å². The summed E-state index contributed by atoms with van der Waals surface area (Å²) < 4.78 is 0. The molecule has 1 rings (SSSR count). The first kappa shape index (κ1) is 9.71. The van der Waals surface area contributed by atoms with Crippen LogP contribution in [0.4, 0.5) is 5.82 Å². The van der Waals surface area contributed by atoms with Gasteiger partial charge in [0.2, 0.25) is 0 Å². The molecule has 0 atom stereocenters. The average Bonchev–Trinajstić information content (AvgIpc) is 2.18. The minimum absolute atomic E-state index is 0.653. The van der Waals surface area contributed by atoms with Gasteiger partial charge in [-0.25, -0.2) is 4.98 Å². The fourth-order valence-corrected chi connectivity index (χ4v) is 1.23. The number of anilines is 1. The number of rotatable bonds is 4. The highest BCUT2D eigenvalue weighted by atomic mass is 15.0. The largest absolute Gasteiger partial charge is 0.373 e. The lowest BCUT2D eigenvalue weighted by Gasteiger charge is -2.07. The van der Waals surface area contributed by atoms with E-state index in [0.29, 0.717) is 5.71 Å². The molecule has 1 aromatic heterocycles. The number of nitrogens with one attached hydrogen (secondary N) is 2.